The van der Waals surface area contributed by atoms with E-state index in [9.17, 15) is 0 Å². The first kappa shape index (κ1) is 7.80. The number of aliphatic hydroxyl groups excluding tert-OH is 1. The van der Waals surface area contributed by atoms with Gasteiger partial charge in [-0.3, -0.25) is 0 Å². The van der Waals surface area contributed by atoms with Gasteiger partial charge in [-0.25, -0.2) is 0 Å². The van der Waals surface area contributed by atoms with Crippen LogP contribution in [0, 0.1) is 5.92 Å². The highest BCUT2D eigenvalue weighted by molar-refractivity contribution is 4.90. The number of hydrogen-bond acceptors (Lipinski definition) is 1. The summed E-state index contributed by atoms with van der Waals surface area (Å²) in [7, 11) is 0. The Morgan fingerprint density at radius 1 is 1.60 bits per heavy atom. The molecule has 1 aliphatic carbocycles. The van der Waals surface area contributed by atoms with Crippen LogP contribution < -0.4 is 0 Å². The third-order valence-electron chi connectivity index (χ3n) is 2.05. The van der Waals surface area contributed by atoms with Gasteiger partial charge in [0, 0.05) is 0 Å². The largest absolute Gasteiger partial charge is 0.393 e. The third kappa shape index (κ3) is 2.53. The van der Waals surface area contributed by atoms with Gasteiger partial charge in [0.2, 0.25) is 0 Å². The highest BCUT2D eigenvalue weighted by Gasteiger charge is 2.11. The molecule has 0 aromatic heterocycles. The van der Waals surface area contributed by atoms with Gasteiger partial charge in [0.1, 0.15) is 0 Å². The van der Waals surface area contributed by atoms with Crippen molar-refractivity contribution in [3.05, 3.63) is 12.2 Å². The SMILES string of the molecule is CC(O)CC1CC=CCC1. The topological polar surface area (TPSA) is 20.2 Å². The van der Waals surface area contributed by atoms with Crippen LogP contribution in [0.25, 0.3) is 0 Å². The zero-order chi connectivity index (χ0) is 7.40. The molecule has 1 nitrogen and oxygen atoms in total. The summed E-state index contributed by atoms with van der Waals surface area (Å²) in [6.45, 7) is 1.87. The van der Waals surface area contributed by atoms with Crippen molar-refractivity contribution in [2.75, 3.05) is 0 Å². The molecule has 0 radical (unpaired) electrons. The van der Waals surface area contributed by atoms with Crippen LogP contribution in [0.15, 0.2) is 12.2 Å². The van der Waals surface area contributed by atoms with Crippen molar-refractivity contribution in [1.29, 1.82) is 0 Å². The van der Waals surface area contributed by atoms with Crippen LogP contribution in [0.3, 0.4) is 0 Å². The molecular formula is C9H16O. The van der Waals surface area contributed by atoms with Crippen molar-refractivity contribution in [2.24, 2.45) is 5.92 Å². The van der Waals surface area contributed by atoms with E-state index in [0.717, 1.165) is 12.3 Å². The van der Waals surface area contributed by atoms with Crippen LogP contribution in [0.1, 0.15) is 32.6 Å². The van der Waals surface area contributed by atoms with Crippen LogP contribution in [0.4, 0.5) is 0 Å². The van der Waals surface area contributed by atoms with E-state index in [1.807, 2.05) is 6.92 Å². The first-order chi connectivity index (χ1) is 4.79. The summed E-state index contributed by atoms with van der Waals surface area (Å²) >= 11 is 0. The second-order valence-corrected chi connectivity index (χ2v) is 3.24. The summed E-state index contributed by atoms with van der Waals surface area (Å²) in [5.74, 6) is 0.741. The Kier molecular flexibility index (Phi) is 2.94. The van der Waals surface area contributed by atoms with E-state index in [1.54, 1.807) is 0 Å². The van der Waals surface area contributed by atoms with Crippen LogP contribution in [-0.4, -0.2) is 11.2 Å². The molecular weight excluding hydrogens is 124 g/mol. The minimum absolute atomic E-state index is 0.114. The van der Waals surface area contributed by atoms with Crippen LogP contribution in [-0.2, 0) is 0 Å². The van der Waals surface area contributed by atoms with Gasteiger partial charge in [-0.05, 0) is 38.5 Å². The fourth-order valence-corrected chi connectivity index (χ4v) is 1.55. The average molecular weight is 140 g/mol. The summed E-state index contributed by atoms with van der Waals surface area (Å²) < 4.78 is 0. The Morgan fingerprint density at radius 2 is 2.40 bits per heavy atom. The molecule has 0 aliphatic heterocycles. The lowest BCUT2D eigenvalue weighted by Gasteiger charge is -2.18. The van der Waals surface area contributed by atoms with Gasteiger partial charge < -0.3 is 5.11 Å². The molecule has 0 saturated carbocycles. The normalized spacial score (nSPS) is 28.4. The fraction of sp³-hybridized carbons (Fsp3) is 0.778. The molecule has 0 fully saturated rings. The number of allylic oxidation sites excluding steroid dienone is 2. The molecule has 2 atom stereocenters. The second kappa shape index (κ2) is 3.77. The Labute approximate surface area is 62.8 Å². The van der Waals surface area contributed by atoms with Crippen molar-refractivity contribution >= 4 is 0 Å². The maximum Gasteiger partial charge on any atom is 0.0514 e. The van der Waals surface area contributed by atoms with E-state index in [0.29, 0.717) is 0 Å². The lowest BCUT2D eigenvalue weighted by molar-refractivity contribution is 0.157. The zero-order valence-electron chi connectivity index (χ0n) is 6.59. The van der Waals surface area contributed by atoms with Gasteiger partial charge in [-0.1, -0.05) is 12.2 Å². The van der Waals surface area contributed by atoms with Crippen molar-refractivity contribution in [2.45, 2.75) is 38.7 Å². The Balaban J connectivity index is 2.22. The molecule has 0 aromatic carbocycles. The summed E-state index contributed by atoms with van der Waals surface area (Å²) in [5, 5.41) is 9.08. The Morgan fingerprint density at radius 3 is 2.90 bits per heavy atom. The summed E-state index contributed by atoms with van der Waals surface area (Å²) in [6.07, 6.45) is 8.97. The molecule has 0 bridgehead atoms. The van der Waals surface area contributed by atoms with Crippen molar-refractivity contribution in [1.82, 2.24) is 0 Å². The van der Waals surface area contributed by atoms with Crippen molar-refractivity contribution < 1.29 is 5.11 Å². The lowest BCUT2D eigenvalue weighted by Crippen LogP contribution is -2.10. The maximum atomic E-state index is 9.08. The van der Waals surface area contributed by atoms with Crippen LogP contribution in [0.5, 0.6) is 0 Å². The highest BCUT2D eigenvalue weighted by Crippen LogP contribution is 2.22. The lowest BCUT2D eigenvalue weighted by atomic mass is 9.90. The van der Waals surface area contributed by atoms with Gasteiger partial charge >= 0.3 is 0 Å². The summed E-state index contributed by atoms with van der Waals surface area (Å²) in [6, 6.07) is 0. The maximum absolute atomic E-state index is 9.08. The molecule has 1 N–H and O–H groups in total. The summed E-state index contributed by atoms with van der Waals surface area (Å²) in [5.41, 5.74) is 0. The number of aliphatic hydroxyl groups is 1. The minimum atomic E-state index is -0.114. The van der Waals surface area contributed by atoms with Gasteiger partial charge in [0.25, 0.3) is 0 Å². The molecule has 1 aliphatic rings. The second-order valence-electron chi connectivity index (χ2n) is 3.24. The predicted molar refractivity (Wildman–Crippen MR) is 42.8 cm³/mol. The molecule has 1 heteroatoms. The Hall–Kier alpha value is -0.300. The standard InChI is InChI=1S/C9H16O/c1-8(10)7-9-5-3-2-4-6-9/h2-3,8-10H,4-7H2,1H3. The van der Waals surface area contributed by atoms with Crippen molar-refractivity contribution in [3.8, 4) is 0 Å². The van der Waals surface area contributed by atoms with E-state index in [2.05, 4.69) is 12.2 Å². The van der Waals surface area contributed by atoms with E-state index in [-0.39, 0.29) is 6.10 Å². The average Bonchev–Trinajstić information content (AvgIpc) is 1.88. The molecule has 58 valence electrons. The molecule has 10 heavy (non-hydrogen) atoms. The number of rotatable bonds is 2. The van der Waals surface area contributed by atoms with Gasteiger partial charge in [0.15, 0.2) is 0 Å². The minimum Gasteiger partial charge on any atom is -0.393 e. The van der Waals surface area contributed by atoms with E-state index < -0.39 is 0 Å². The molecule has 0 saturated heterocycles. The quantitative estimate of drug-likeness (QED) is 0.582. The van der Waals surface area contributed by atoms with Crippen molar-refractivity contribution in [3.63, 3.8) is 0 Å². The van der Waals surface area contributed by atoms with E-state index >= 15 is 0 Å². The summed E-state index contributed by atoms with van der Waals surface area (Å²) in [4.78, 5) is 0. The molecule has 0 amide bonds. The molecule has 0 aromatic rings. The number of hydrogen-bond donors (Lipinski definition) is 1. The fourth-order valence-electron chi connectivity index (χ4n) is 1.55. The molecule has 0 spiro atoms. The Bertz CT molecular complexity index is 116. The monoisotopic (exact) mass is 140 g/mol. The van der Waals surface area contributed by atoms with Gasteiger partial charge in [-0.15, -0.1) is 0 Å². The van der Waals surface area contributed by atoms with E-state index in [1.165, 1.54) is 19.3 Å². The smallest absolute Gasteiger partial charge is 0.0514 e. The highest BCUT2D eigenvalue weighted by atomic mass is 16.3. The molecule has 2 unspecified atom stereocenters. The molecule has 1 rings (SSSR count). The van der Waals surface area contributed by atoms with Gasteiger partial charge in [0.05, 0.1) is 6.10 Å². The predicted octanol–water partition coefficient (Wildman–Crippen LogP) is 2.11. The zero-order valence-corrected chi connectivity index (χ0v) is 6.59. The third-order valence-corrected chi connectivity index (χ3v) is 2.05. The molecule has 0 heterocycles. The van der Waals surface area contributed by atoms with E-state index in [4.69, 9.17) is 5.11 Å². The first-order valence-corrected chi connectivity index (χ1v) is 4.12. The van der Waals surface area contributed by atoms with Gasteiger partial charge in [-0.2, -0.15) is 0 Å². The van der Waals surface area contributed by atoms with Crippen LogP contribution >= 0.6 is 0 Å². The first-order valence-electron chi connectivity index (χ1n) is 4.12. The van der Waals surface area contributed by atoms with Crippen LogP contribution in [0.2, 0.25) is 0 Å².